The zero-order chi connectivity index (χ0) is 16.8. The van der Waals surface area contributed by atoms with Crippen LogP contribution in [0.2, 0.25) is 0 Å². The summed E-state index contributed by atoms with van der Waals surface area (Å²) in [6.07, 6.45) is 1.46. The van der Waals surface area contributed by atoms with Gasteiger partial charge in [0.25, 0.3) is 17.4 Å². The minimum atomic E-state index is -0.334. The van der Waals surface area contributed by atoms with Crippen LogP contribution in [0.1, 0.15) is 26.9 Å². The molecule has 2 amide bonds. The summed E-state index contributed by atoms with van der Waals surface area (Å²) in [5.41, 5.74) is -0.174. The summed E-state index contributed by atoms with van der Waals surface area (Å²) in [7, 11) is 0. The predicted molar refractivity (Wildman–Crippen MR) is 82.4 cm³/mol. The van der Waals surface area contributed by atoms with Crippen molar-refractivity contribution < 1.29 is 14.0 Å². The van der Waals surface area contributed by atoms with Crippen LogP contribution < -0.4 is 10.9 Å². The van der Waals surface area contributed by atoms with Crippen LogP contribution in [0.5, 0.6) is 0 Å². The normalized spacial score (nSPS) is 24.5. The molecule has 1 unspecified atom stereocenters. The number of aromatic nitrogens is 2. The van der Waals surface area contributed by atoms with Crippen molar-refractivity contribution in [3.8, 4) is 0 Å². The Hall–Kier alpha value is -2.90. The predicted octanol–water partition coefficient (Wildman–Crippen LogP) is 0.172. The number of likely N-dealkylation sites (tertiary alicyclic amines) is 1. The molecule has 2 aliphatic rings. The van der Waals surface area contributed by atoms with Crippen molar-refractivity contribution >= 4 is 11.8 Å². The average Bonchev–Trinajstić information content (AvgIpc) is 3.00. The fourth-order valence-corrected chi connectivity index (χ4v) is 3.39. The molecule has 0 radical (unpaired) electrons. The van der Waals surface area contributed by atoms with Crippen LogP contribution >= 0.6 is 0 Å². The Balaban J connectivity index is 1.37. The summed E-state index contributed by atoms with van der Waals surface area (Å²) in [6, 6.07) is 4.57. The van der Waals surface area contributed by atoms with Gasteiger partial charge in [0, 0.05) is 37.0 Å². The first-order valence-corrected chi connectivity index (χ1v) is 7.74. The minimum absolute atomic E-state index is 0.0699. The van der Waals surface area contributed by atoms with Crippen LogP contribution in [0.4, 0.5) is 0 Å². The third-order valence-electron chi connectivity index (χ3n) is 4.60. The molecule has 124 valence electrons. The fourth-order valence-electron chi connectivity index (χ4n) is 3.39. The van der Waals surface area contributed by atoms with E-state index >= 15 is 0 Å². The number of rotatable bonds is 3. The van der Waals surface area contributed by atoms with Gasteiger partial charge in [-0.25, -0.2) is 4.98 Å². The maximum atomic E-state index is 12.4. The SMILES string of the molecule is Cc1nc(C(=O)N2C[C@@H]3C(NC(=O)c4ccco4)[C@@H]3C2)cc(=O)[nH]1. The molecule has 3 atom stereocenters. The second kappa shape index (κ2) is 5.33. The van der Waals surface area contributed by atoms with E-state index < -0.39 is 0 Å². The van der Waals surface area contributed by atoms with E-state index in [0.717, 1.165) is 0 Å². The molecule has 1 saturated carbocycles. The topological polar surface area (TPSA) is 108 Å². The Morgan fingerprint density at radius 1 is 1.38 bits per heavy atom. The Kier molecular flexibility index (Phi) is 3.26. The van der Waals surface area contributed by atoms with Crippen molar-refractivity contribution in [3.05, 3.63) is 52.1 Å². The van der Waals surface area contributed by atoms with Gasteiger partial charge in [-0.3, -0.25) is 14.4 Å². The summed E-state index contributed by atoms with van der Waals surface area (Å²) >= 11 is 0. The van der Waals surface area contributed by atoms with Crippen molar-refractivity contribution in [1.82, 2.24) is 20.2 Å². The zero-order valence-electron chi connectivity index (χ0n) is 13.0. The molecule has 1 aliphatic carbocycles. The molecule has 2 N–H and O–H groups in total. The van der Waals surface area contributed by atoms with Gasteiger partial charge in [0.2, 0.25) is 0 Å². The second-order valence-electron chi connectivity index (χ2n) is 6.23. The van der Waals surface area contributed by atoms with Crippen molar-refractivity contribution in [3.63, 3.8) is 0 Å². The summed E-state index contributed by atoms with van der Waals surface area (Å²) in [5, 5.41) is 2.93. The van der Waals surface area contributed by atoms with Gasteiger partial charge in [-0.1, -0.05) is 0 Å². The molecule has 3 heterocycles. The minimum Gasteiger partial charge on any atom is -0.459 e. The van der Waals surface area contributed by atoms with Gasteiger partial charge < -0.3 is 19.6 Å². The molecular weight excluding hydrogens is 312 g/mol. The lowest BCUT2D eigenvalue weighted by atomic mass is 10.3. The number of aryl methyl sites for hydroxylation is 1. The number of carbonyl (C=O) groups excluding carboxylic acids is 2. The maximum Gasteiger partial charge on any atom is 0.287 e. The van der Waals surface area contributed by atoms with Gasteiger partial charge in [0.1, 0.15) is 11.5 Å². The number of amides is 2. The molecule has 0 spiro atoms. The van der Waals surface area contributed by atoms with Crippen molar-refractivity contribution in [2.45, 2.75) is 13.0 Å². The summed E-state index contributed by atoms with van der Waals surface area (Å²) in [5.74, 6) is 0.721. The van der Waals surface area contributed by atoms with E-state index in [1.165, 1.54) is 12.3 Å². The van der Waals surface area contributed by atoms with Gasteiger partial charge >= 0.3 is 0 Å². The number of furan rings is 1. The first kappa shape index (κ1) is 14.7. The molecule has 2 fully saturated rings. The highest BCUT2D eigenvalue weighted by Crippen LogP contribution is 2.45. The molecule has 0 aromatic carbocycles. The van der Waals surface area contributed by atoms with Gasteiger partial charge in [0.15, 0.2) is 5.76 Å². The van der Waals surface area contributed by atoms with Crippen LogP contribution in [-0.2, 0) is 0 Å². The number of hydrogen-bond donors (Lipinski definition) is 2. The average molecular weight is 328 g/mol. The highest BCUT2D eigenvalue weighted by atomic mass is 16.3. The van der Waals surface area contributed by atoms with Gasteiger partial charge in [0.05, 0.1) is 6.26 Å². The summed E-state index contributed by atoms with van der Waals surface area (Å²) in [4.78, 5) is 44.2. The highest BCUT2D eigenvalue weighted by molar-refractivity contribution is 5.93. The summed E-state index contributed by atoms with van der Waals surface area (Å²) < 4.78 is 5.07. The van der Waals surface area contributed by atoms with E-state index in [0.29, 0.717) is 18.9 Å². The molecule has 24 heavy (non-hydrogen) atoms. The molecule has 1 saturated heterocycles. The number of piperidine rings is 1. The van der Waals surface area contributed by atoms with Crippen LogP contribution in [0.15, 0.2) is 33.7 Å². The fraction of sp³-hybridized carbons (Fsp3) is 0.375. The maximum absolute atomic E-state index is 12.4. The van der Waals surface area contributed by atoms with Crippen LogP contribution in [0.3, 0.4) is 0 Å². The Labute approximate surface area is 136 Å². The van der Waals surface area contributed by atoms with Crippen LogP contribution in [0.25, 0.3) is 0 Å². The Bertz CT molecular complexity index is 845. The smallest absolute Gasteiger partial charge is 0.287 e. The molecule has 8 heteroatoms. The third kappa shape index (κ3) is 2.49. The van der Waals surface area contributed by atoms with E-state index in [9.17, 15) is 14.4 Å². The number of hydrogen-bond acceptors (Lipinski definition) is 5. The lowest BCUT2D eigenvalue weighted by Crippen LogP contribution is -2.38. The molecule has 1 aliphatic heterocycles. The first-order chi connectivity index (χ1) is 11.5. The molecule has 0 bridgehead atoms. The lowest BCUT2D eigenvalue weighted by Gasteiger charge is -2.19. The van der Waals surface area contributed by atoms with Gasteiger partial charge in [-0.15, -0.1) is 0 Å². The number of nitrogens with one attached hydrogen (secondary N) is 2. The molecule has 8 nitrogen and oxygen atoms in total. The first-order valence-electron chi connectivity index (χ1n) is 7.74. The second-order valence-corrected chi connectivity index (χ2v) is 6.23. The summed E-state index contributed by atoms with van der Waals surface area (Å²) in [6.45, 7) is 2.75. The third-order valence-corrected chi connectivity index (χ3v) is 4.60. The van der Waals surface area contributed by atoms with Crippen LogP contribution in [0, 0.1) is 18.8 Å². The lowest BCUT2D eigenvalue weighted by molar-refractivity contribution is 0.0762. The van der Waals surface area contributed by atoms with Gasteiger partial charge in [-0.05, 0) is 19.1 Å². The molecule has 4 rings (SSSR count). The van der Waals surface area contributed by atoms with Crippen LogP contribution in [-0.4, -0.2) is 45.8 Å². The number of nitrogens with zero attached hydrogens (tertiary/aromatic N) is 2. The largest absolute Gasteiger partial charge is 0.459 e. The number of H-pyrrole nitrogens is 1. The highest BCUT2D eigenvalue weighted by Gasteiger charge is 2.57. The van der Waals surface area contributed by atoms with Crippen molar-refractivity contribution in [2.75, 3.05) is 13.1 Å². The quantitative estimate of drug-likeness (QED) is 0.835. The van der Waals surface area contributed by atoms with E-state index in [1.54, 1.807) is 24.0 Å². The number of carbonyl (C=O) groups is 2. The van der Waals surface area contributed by atoms with Crippen molar-refractivity contribution in [1.29, 1.82) is 0 Å². The molecular formula is C16H16N4O4. The van der Waals surface area contributed by atoms with E-state index in [-0.39, 0.29) is 46.7 Å². The van der Waals surface area contributed by atoms with E-state index in [2.05, 4.69) is 15.3 Å². The Morgan fingerprint density at radius 2 is 2.12 bits per heavy atom. The van der Waals surface area contributed by atoms with Crippen molar-refractivity contribution in [2.24, 2.45) is 11.8 Å². The number of fused-ring (bicyclic) bond motifs is 1. The van der Waals surface area contributed by atoms with E-state index in [4.69, 9.17) is 4.42 Å². The zero-order valence-corrected chi connectivity index (χ0v) is 13.0. The monoisotopic (exact) mass is 328 g/mol. The van der Waals surface area contributed by atoms with Gasteiger partial charge in [-0.2, -0.15) is 0 Å². The number of aromatic amines is 1. The Morgan fingerprint density at radius 3 is 2.75 bits per heavy atom. The van der Waals surface area contributed by atoms with E-state index in [1.807, 2.05) is 0 Å². The standard InChI is InChI=1S/C16H16N4O4/c1-8-17-11(5-13(21)18-8)16(23)20-6-9-10(7-20)14(9)19-15(22)12-3-2-4-24-12/h2-5,9-10,14H,6-7H2,1H3,(H,19,22)(H,17,18,21)/t9-,10+,14?. The molecule has 2 aromatic rings. The molecule has 2 aromatic heterocycles.